The minimum Gasteiger partial charge on any atom is -0.481 e. The molecule has 2 amide bonds. The average Bonchev–Trinajstić information content (AvgIpc) is 2.88. The lowest BCUT2D eigenvalue weighted by Crippen LogP contribution is -2.35. The van der Waals surface area contributed by atoms with Crippen LogP contribution < -0.4 is 20.3 Å². The molecule has 2 aliphatic heterocycles. The number of hydrogen-bond donors (Lipinski definition) is 2. The number of fused-ring (bicyclic) bond motifs is 2. The fourth-order valence-corrected chi connectivity index (χ4v) is 5.15. The third kappa shape index (κ3) is 4.77. The Hall–Kier alpha value is -3.40. The first-order valence-electron chi connectivity index (χ1n) is 11.4. The summed E-state index contributed by atoms with van der Waals surface area (Å²) in [5, 5.41) is 5.70. The highest BCUT2D eigenvalue weighted by atomic mass is 32.2. The van der Waals surface area contributed by atoms with E-state index in [9.17, 15) is 9.59 Å². The zero-order valence-corrected chi connectivity index (χ0v) is 19.7. The lowest BCUT2D eigenvalue weighted by Gasteiger charge is -2.34. The number of anilines is 2. The van der Waals surface area contributed by atoms with Crippen molar-refractivity contribution in [3.05, 3.63) is 42.2 Å². The third-order valence-electron chi connectivity index (χ3n) is 6.25. The Kier molecular flexibility index (Phi) is 6.48. The molecule has 9 nitrogen and oxygen atoms in total. The Morgan fingerprint density at radius 2 is 2.06 bits per heavy atom. The highest BCUT2D eigenvalue weighted by Crippen LogP contribution is 2.31. The van der Waals surface area contributed by atoms with Crippen LogP contribution >= 0.6 is 11.8 Å². The molecule has 176 valence electrons. The maximum atomic E-state index is 12.5. The first-order chi connectivity index (χ1) is 16.6. The Balaban J connectivity index is 1.13. The van der Waals surface area contributed by atoms with Gasteiger partial charge in [0.2, 0.25) is 11.8 Å². The Morgan fingerprint density at radius 3 is 2.88 bits per heavy atom. The van der Waals surface area contributed by atoms with Gasteiger partial charge in [-0.2, -0.15) is 0 Å². The summed E-state index contributed by atoms with van der Waals surface area (Å²) in [5.74, 6) is 1.66. The third-order valence-corrected chi connectivity index (χ3v) is 7.29. The molecule has 3 aromatic heterocycles. The van der Waals surface area contributed by atoms with E-state index in [2.05, 4.69) is 30.5 Å². The number of amides is 2. The molecule has 5 rings (SSSR count). The molecule has 0 saturated carbocycles. The van der Waals surface area contributed by atoms with Gasteiger partial charge in [0.15, 0.2) is 0 Å². The van der Waals surface area contributed by atoms with Gasteiger partial charge in [0, 0.05) is 31.9 Å². The molecule has 2 N–H and O–H groups in total. The van der Waals surface area contributed by atoms with E-state index in [4.69, 9.17) is 4.74 Å². The van der Waals surface area contributed by atoms with Crippen molar-refractivity contribution in [1.29, 1.82) is 0 Å². The lowest BCUT2D eigenvalue weighted by molar-refractivity contribution is -0.113. The molecular formula is C24H26N6O3S. The number of nitrogens with one attached hydrogen (secondary N) is 2. The monoisotopic (exact) mass is 478 g/mol. The average molecular weight is 479 g/mol. The maximum Gasteiger partial charge on any atom is 0.269 e. The zero-order chi connectivity index (χ0) is 23.5. The molecule has 3 aromatic rings. The second kappa shape index (κ2) is 9.84. The first-order valence-corrected chi connectivity index (χ1v) is 12.4. The fourth-order valence-electron chi connectivity index (χ4n) is 4.40. The Bertz CT molecular complexity index is 1230. The molecule has 0 bridgehead atoms. The van der Waals surface area contributed by atoms with E-state index in [0.717, 1.165) is 54.0 Å². The number of pyridine rings is 3. The van der Waals surface area contributed by atoms with Crippen molar-refractivity contribution < 1.29 is 14.3 Å². The van der Waals surface area contributed by atoms with Crippen molar-refractivity contribution in [3.63, 3.8) is 0 Å². The summed E-state index contributed by atoms with van der Waals surface area (Å²) in [6.07, 6.45) is 4.83. The summed E-state index contributed by atoms with van der Waals surface area (Å²) in [6.45, 7) is 2.46. The van der Waals surface area contributed by atoms with Gasteiger partial charge >= 0.3 is 0 Å². The summed E-state index contributed by atoms with van der Waals surface area (Å²) < 4.78 is 5.29. The molecule has 0 unspecified atom stereocenters. The minimum absolute atomic E-state index is 0.0939. The second-order valence-electron chi connectivity index (χ2n) is 8.41. The number of rotatable bonds is 6. The van der Waals surface area contributed by atoms with Crippen LogP contribution in [0.25, 0.3) is 11.0 Å². The van der Waals surface area contributed by atoms with Crippen molar-refractivity contribution in [2.75, 3.05) is 42.7 Å². The molecule has 0 aromatic carbocycles. The van der Waals surface area contributed by atoms with Crippen molar-refractivity contribution in [1.82, 2.24) is 20.3 Å². The normalized spacial score (nSPS) is 16.1. The molecule has 5 heterocycles. The minimum atomic E-state index is -0.215. The second-order valence-corrected chi connectivity index (χ2v) is 9.42. The van der Waals surface area contributed by atoms with Crippen LogP contribution in [-0.4, -0.2) is 59.3 Å². The number of carbonyl (C=O) groups excluding carboxylic acids is 2. The summed E-state index contributed by atoms with van der Waals surface area (Å²) in [6, 6.07) is 9.32. The number of nitrogens with zero attached hydrogens (tertiary/aromatic N) is 4. The fraction of sp³-hybridized carbons (Fsp3) is 0.375. The molecule has 34 heavy (non-hydrogen) atoms. The Labute approximate surface area is 201 Å². The van der Waals surface area contributed by atoms with E-state index in [-0.39, 0.29) is 11.8 Å². The molecular weight excluding hydrogens is 452 g/mol. The van der Waals surface area contributed by atoms with E-state index in [0.29, 0.717) is 35.6 Å². The summed E-state index contributed by atoms with van der Waals surface area (Å²) in [7, 11) is 1.62. The number of piperidine rings is 1. The van der Waals surface area contributed by atoms with Crippen molar-refractivity contribution in [2.45, 2.75) is 24.2 Å². The van der Waals surface area contributed by atoms with Gasteiger partial charge in [0.05, 0.1) is 29.0 Å². The van der Waals surface area contributed by atoms with Crippen LogP contribution in [0.1, 0.15) is 29.8 Å². The van der Waals surface area contributed by atoms with Gasteiger partial charge in [0.25, 0.3) is 5.91 Å². The molecule has 1 fully saturated rings. The standard InChI is InChI=1S/C24H26N6O3S/c1-33-21-5-3-16-22(29-21)18(7-11-25-16)30-12-8-15(9-13-30)6-10-26-24(32)17-2-4-19-23(27-17)28-20(31)14-34-19/h2-5,7,11,15H,6,8-10,12-14H2,1H3,(H,26,32)(H,27,28,31). The summed E-state index contributed by atoms with van der Waals surface area (Å²) in [4.78, 5) is 40.7. The number of hydrogen-bond acceptors (Lipinski definition) is 8. The molecule has 1 saturated heterocycles. The smallest absolute Gasteiger partial charge is 0.269 e. The summed E-state index contributed by atoms with van der Waals surface area (Å²) in [5.41, 5.74) is 3.13. The number of carbonyl (C=O) groups is 2. The van der Waals surface area contributed by atoms with Crippen LogP contribution in [0.3, 0.4) is 0 Å². The Morgan fingerprint density at radius 1 is 1.21 bits per heavy atom. The predicted octanol–water partition coefficient (Wildman–Crippen LogP) is 3.11. The van der Waals surface area contributed by atoms with Gasteiger partial charge in [-0.1, -0.05) is 0 Å². The predicted molar refractivity (Wildman–Crippen MR) is 132 cm³/mol. The molecule has 2 aliphatic rings. The van der Waals surface area contributed by atoms with Crippen molar-refractivity contribution in [2.24, 2.45) is 5.92 Å². The first kappa shape index (κ1) is 22.4. The number of aromatic nitrogens is 3. The van der Waals surface area contributed by atoms with Crippen molar-refractivity contribution in [3.8, 4) is 5.88 Å². The van der Waals surface area contributed by atoms with E-state index >= 15 is 0 Å². The van der Waals surface area contributed by atoms with E-state index in [1.807, 2.05) is 30.5 Å². The van der Waals surface area contributed by atoms with Crippen LogP contribution in [0.15, 0.2) is 41.4 Å². The van der Waals surface area contributed by atoms with Crippen molar-refractivity contribution >= 4 is 46.1 Å². The van der Waals surface area contributed by atoms with E-state index in [1.165, 1.54) is 11.8 Å². The van der Waals surface area contributed by atoms with Gasteiger partial charge in [-0.15, -0.1) is 11.8 Å². The summed E-state index contributed by atoms with van der Waals surface area (Å²) >= 11 is 1.43. The topological polar surface area (TPSA) is 109 Å². The highest BCUT2D eigenvalue weighted by Gasteiger charge is 2.22. The zero-order valence-electron chi connectivity index (χ0n) is 18.9. The molecule has 0 radical (unpaired) electrons. The quantitative estimate of drug-likeness (QED) is 0.556. The maximum absolute atomic E-state index is 12.5. The number of methoxy groups -OCH3 is 1. The van der Waals surface area contributed by atoms with Gasteiger partial charge in [-0.3, -0.25) is 14.6 Å². The largest absolute Gasteiger partial charge is 0.481 e. The van der Waals surface area contributed by atoms with Gasteiger partial charge in [0.1, 0.15) is 17.0 Å². The SMILES string of the molecule is COc1ccc2nccc(N3CCC(CCNC(=O)c4ccc5c(n4)NC(=O)CS5)CC3)c2n1. The lowest BCUT2D eigenvalue weighted by atomic mass is 9.93. The van der Waals surface area contributed by atoms with Gasteiger partial charge in [-0.05, 0) is 49.4 Å². The van der Waals surface area contributed by atoms with Crippen LogP contribution in [0.4, 0.5) is 11.5 Å². The van der Waals surface area contributed by atoms with Crippen LogP contribution in [0.5, 0.6) is 5.88 Å². The van der Waals surface area contributed by atoms with Crippen LogP contribution in [0, 0.1) is 5.92 Å². The number of thioether (sulfide) groups is 1. The number of ether oxygens (including phenoxy) is 1. The van der Waals surface area contributed by atoms with Gasteiger partial charge < -0.3 is 20.3 Å². The van der Waals surface area contributed by atoms with Crippen LogP contribution in [0.2, 0.25) is 0 Å². The highest BCUT2D eigenvalue weighted by molar-refractivity contribution is 8.00. The van der Waals surface area contributed by atoms with E-state index < -0.39 is 0 Å². The molecule has 0 atom stereocenters. The van der Waals surface area contributed by atoms with Gasteiger partial charge in [-0.25, -0.2) is 9.97 Å². The molecule has 10 heteroatoms. The molecule has 0 spiro atoms. The molecule has 0 aliphatic carbocycles. The van der Waals surface area contributed by atoms with Crippen LogP contribution in [-0.2, 0) is 4.79 Å². The van der Waals surface area contributed by atoms with E-state index in [1.54, 1.807) is 13.2 Å².